The predicted octanol–water partition coefficient (Wildman–Crippen LogP) is 2.26. The molecule has 0 saturated carbocycles. The Morgan fingerprint density at radius 2 is 1.92 bits per heavy atom. The van der Waals surface area contributed by atoms with E-state index in [-0.39, 0.29) is 30.8 Å². The minimum Gasteiger partial charge on any atom is -0.369 e. The highest BCUT2D eigenvalue weighted by Gasteiger charge is 2.34. The van der Waals surface area contributed by atoms with Gasteiger partial charge in [-0.25, -0.2) is 0 Å². The monoisotopic (exact) mass is 352 g/mol. The smallest absolute Gasteiger partial charge is 0.249 e. The Labute approximate surface area is 151 Å². The number of morpholine rings is 1. The molecule has 2 aromatic rings. The molecule has 1 saturated heterocycles. The number of anilines is 1. The molecule has 6 heteroatoms. The van der Waals surface area contributed by atoms with Gasteiger partial charge in [0.15, 0.2) is 5.78 Å². The Hall–Kier alpha value is -2.99. The lowest BCUT2D eigenvalue weighted by atomic mass is 10.1. The van der Waals surface area contributed by atoms with Crippen molar-refractivity contribution < 1.29 is 19.1 Å². The number of rotatable bonds is 5. The van der Waals surface area contributed by atoms with Gasteiger partial charge in [0.25, 0.3) is 0 Å². The lowest BCUT2D eigenvalue weighted by Gasteiger charge is -2.34. The lowest BCUT2D eigenvalue weighted by Crippen LogP contribution is -2.54. The molecule has 1 fully saturated rings. The average Bonchev–Trinajstić information content (AvgIpc) is 2.64. The number of amides is 2. The first-order chi connectivity index (χ1) is 12.5. The van der Waals surface area contributed by atoms with E-state index in [1.165, 1.54) is 11.8 Å². The first-order valence-corrected chi connectivity index (χ1v) is 8.37. The molecule has 0 radical (unpaired) electrons. The highest BCUT2D eigenvalue weighted by atomic mass is 16.5. The molecule has 0 aliphatic carbocycles. The molecule has 0 unspecified atom stereocenters. The van der Waals surface area contributed by atoms with Crippen LogP contribution in [0.3, 0.4) is 0 Å². The van der Waals surface area contributed by atoms with Crippen LogP contribution in [0.5, 0.6) is 0 Å². The van der Waals surface area contributed by atoms with Crippen molar-refractivity contribution in [3.63, 3.8) is 0 Å². The van der Waals surface area contributed by atoms with Gasteiger partial charge < -0.3 is 15.0 Å². The second kappa shape index (κ2) is 7.93. The third-order valence-corrected chi connectivity index (χ3v) is 4.23. The minimum absolute atomic E-state index is 0.0313. The molecule has 2 aromatic carbocycles. The fraction of sp³-hybridized carbons (Fsp3) is 0.250. The second-order valence-electron chi connectivity index (χ2n) is 6.16. The summed E-state index contributed by atoms with van der Waals surface area (Å²) in [7, 11) is 0. The number of ketones is 1. The Bertz CT molecular complexity index is 820. The zero-order chi connectivity index (χ0) is 18.5. The van der Waals surface area contributed by atoms with Crippen LogP contribution < -0.4 is 5.32 Å². The van der Waals surface area contributed by atoms with E-state index in [9.17, 15) is 14.4 Å². The molecule has 134 valence electrons. The summed E-state index contributed by atoms with van der Waals surface area (Å²) in [6.07, 6.45) is 0. The van der Waals surface area contributed by atoms with Gasteiger partial charge in [-0.2, -0.15) is 0 Å². The quantitative estimate of drug-likeness (QED) is 0.838. The van der Waals surface area contributed by atoms with Gasteiger partial charge >= 0.3 is 0 Å². The van der Waals surface area contributed by atoms with E-state index in [1.54, 1.807) is 24.3 Å². The van der Waals surface area contributed by atoms with Crippen LogP contribution >= 0.6 is 0 Å². The van der Waals surface area contributed by atoms with Gasteiger partial charge in [0.1, 0.15) is 12.6 Å². The number of carbonyl (C=O) groups excluding carboxylic acids is 3. The summed E-state index contributed by atoms with van der Waals surface area (Å²) in [6.45, 7) is 1.91. The first-order valence-electron chi connectivity index (χ1n) is 8.37. The molecule has 2 amide bonds. The maximum atomic E-state index is 12.7. The van der Waals surface area contributed by atoms with Crippen LogP contribution in [-0.4, -0.2) is 41.8 Å². The zero-order valence-electron chi connectivity index (χ0n) is 14.5. The molecule has 0 bridgehead atoms. The van der Waals surface area contributed by atoms with Crippen molar-refractivity contribution in [3.8, 4) is 0 Å². The summed E-state index contributed by atoms with van der Waals surface area (Å²) < 4.78 is 5.28. The molecule has 1 aliphatic rings. The summed E-state index contributed by atoms with van der Waals surface area (Å²) in [6, 6.07) is 15.5. The minimum atomic E-state index is -0.725. The van der Waals surface area contributed by atoms with Crippen LogP contribution in [0.25, 0.3) is 0 Å². The zero-order valence-corrected chi connectivity index (χ0v) is 14.5. The number of carbonyl (C=O) groups is 3. The van der Waals surface area contributed by atoms with Gasteiger partial charge in [0.05, 0.1) is 6.61 Å². The molecule has 0 aromatic heterocycles. The van der Waals surface area contributed by atoms with Crippen molar-refractivity contribution in [1.29, 1.82) is 0 Å². The van der Waals surface area contributed by atoms with Gasteiger partial charge in [-0.3, -0.25) is 14.4 Å². The summed E-state index contributed by atoms with van der Waals surface area (Å²) in [5.74, 6) is -0.643. The summed E-state index contributed by atoms with van der Waals surface area (Å²) in [5, 5.41) is 2.78. The molecule has 3 rings (SSSR count). The van der Waals surface area contributed by atoms with E-state index >= 15 is 0 Å². The fourth-order valence-electron chi connectivity index (χ4n) is 2.84. The van der Waals surface area contributed by atoms with E-state index in [2.05, 4.69) is 5.32 Å². The van der Waals surface area contributed by atoms with E-state index in [0.29, 0.717) is 17.8 Å². The fourth-order valence-corrected chi connectivity index (χ4v) is 2.84. The van der Waals surface area contributed by atoms with Crippen molar-refractivity contribution in [1.82, 2.24) is 4.90 Å². The Kier molecular flexibility index (Phi) is 5.43. The van der Waals surface area contributed by atoms with E-state index in [4.69, 9.17) is 4.74 Å². The predicted molar refractivity (Wildman–Crippen MR) is 96.7 cm³/mol. The molecule has 1 heterocycles. The number of nitrogens with zero attached hydrogens (tertiary/aromatic N) is 1. The van der Waals surface area contributed by atoms with Gasteiger partial charge in [-0.1, -0.05) is 42.5 Å². The van der Waals surface area contributed by atoms with Crippen molar-refractivity contribution in [2.24, 2.45) is 0 Å². The molecule has 1 atom stereocenters. The van der Waals surface area contributed by atoms with Gasteiger partial charge in [0, 0.05) is 17.8 Å². The molecule has 1 aliphatic heterocycles. The maximum Gasteiger partial charge on any atom is 0.249 e. The van der Waals surface area contributed by atoms with Crippen LogP contribution in [-0.2, 0) is 20.9 Å². The van der Waals surface area contributed by atoms with E-state index < -0.39 is 6.04 Å². The highest BCUT2D eigenvalue weighted by molar-refractivity contribution is 6.00. The van der Waals surface area contributed by atoms with Gasteiger partial charge in [0.2, 0.25) is 11.8 Å². The van der Waals surface area contributed by atoms with Gasteiger partial charge in [-0.15, -0.1) is 0 Å². The topological polar surface area (TPSA) is 75.7 Å². The molecule has 0 spiro atoms. The van der Waals surface area contributed by atoms with Crippen LogP contribution in [0.4, 0.5) is 5.69 Å². The van der Waals surface area contributed by atoms with Crippen molar-refractivity contribution in [2.75, 3.05) is 18.5 Å². The summed E-state index contributed by atoms with van der Waals surface area (Å²) in [4.78, 5) is 38.0. The molecule has 6 nitrogen and oxygen atoms in total. The van der Waals surface area contributed by atoms with E-state index in [0.717, 1.165) is 5.56 Å². The first kappa shape index (κ1) is 17.8. The largest absolute Gasteiger partial charge is 0.369 e. The number of ether oxygens (including phenoxy) is 1. The Morgan fingerprint density at radius 3 is 2.65 bits per heavy atom. The normalized spacial score (nSPS) is 17.0. The average molecular weight is 352 g/mol. The Morgan fingerprint density at radius 1 is 1.15 bits per heavy atom. The molecular formula is C20H20N2O4. The third-order valence-electron chi connectivity index (χ3n) is 4.23. The van der Waals surface area contributed by atoms with Crippen molar-refractivity contribution >= 4 is 23.3 Å². The molecule has 1 N–H and O–H groups in total. The lowest BCUT2D eigenvalue weighted by molar-refractivity contribution is -0.154. The standard InChI is InChI=1S/C20H20N2O4/c1-14(23)16-8-5-9-17(10-16)21-20(25)18-12-26-13-19(24)22(18)11-15-6-3-2-4-7-15/h2-10,18H,11-13H2,1H3,(H,21,25)/t18-/m0/s1. The number of nitrogens with one attached hydrogen (secondary N) is 1. The number of hydrogen-bond acceptors (Lipinski definition) is 4. The van der Waals surface area contributed by atoms with E-state index in [1.807, 2.05) is 30.3 Å². The van der Waals surface area contributed by atoms with Crippen LogP contribution in [0.1, 0.15) is 22.8 Å². The summed E-state index contributed by atoms with van der Waals surface area (Å²) in [5.41, 5.74) is 1.97. The highest BCUT2D eigenvalue weighted by Crippen LogP contribution is 2.17. The molecular weight excluding hydrogens is 332 g/mol. The van der Waals surface area contributed by atoms with Crippen molar-refractivity contribution in [2.45, 2.75) is 19.5 Å². The van der Waals surface area contributed by atoms with Crippen molar-refractivity contribution in [3.05, 3.63) is 65.7 Å². The van der Waals surface area contributed by atoms with Gasteiger partial charge in [-0.05, 0) is 24.6 Å². The number of benzene rings is 2. The second-order valence-corrected chi connectivity index (χ2v) is 6.16. The number of hydrogen-bond donors (Lipinski definition) is 1. The number of Topliss-reactive ketones (excluding diaryl/α,β-unsaturated/α-hetero) is 1. The third kappa shape index (κ3) is 4.15. The summed E-state index contributed by atoms with van der Waals surface area (Å²) >= 11 is 0. The maximum absolute atomic E-state index is 12.7. The van der Waals surface area contributed by atoms with Crippen LogP contribution in [0.2, 0.25) is 0 Å². The molecule has 26 heavy (non-hydrogen) atoms. The van der Waals surface area contributed by atoms with Crippen LogP contribution in [0.15, 0.2) is 54.6 Å². The SMILES string of the molecule is CC(=O)c1cccc(NC(=O)[C@@H]2COCC(=O)N2Cc2ccccc2)c1. The Balaban J connectivity index is 1.76. The van der Waals surface area contributed by atoms with Crippen LogP contribution in [0, 0.1) is 0 Å².